The van der Waals surface area contributed by atoms with Gasteiger partial charge in [0.1, 0.15) is 22.4 Å². The fourth-order valence-corrected chi connectivity index (χ4v) is 5.56. The number of ether oxygens (including phenoxy) is 1. The molecule has 4 rings (SSSR count). The van der Waals surface area contributed by atoms with Gasteiger partial charge in [-0.3, -0.25) is 4.79 Å². The first kappa shape index (κ1) is 19.8. The second kappa shape index (κ2) is 7.42. The highest BCUT2D eigenvalue weighted by molar-refractivity contribution is 8.15. The summed E-state index contributed by atoms with van der Waals surface area (Å²) in [6.07, 6.45) is 0.582. The van der Waals surface area contributed by atoms with Crippen LogP contribution < -0.4 is 10.5 Å². The van der Waals surface area contributed by atoms with Crippen LogP contribution in [0.3, 0.4) is 0 Å². The molecule has 1 amide bonds. The smallest absolute Gasteiger partial charge is 0.241 e. The number of hydrogen-bond donors (Lipinski definition) is 1. The van der Waals surface area contributed by atoms with E-state index in [1.165, 1.54) is 23.7 Å². The summed E-state index contributed by atoms with van der Waals surface area (Å²) in [5.41, 5.74) is 7.61. The Kier molecular flexibility index (Phi) is 5.08. The Morgan fingerprint density at radius 1 is 1.38 bits per heavy atom. The summed E-state index contributed by atoms with van der Waals surface area (Å²) in [5, 5.41) is 6.10. The number of amides is 1. The lowest BCUT2D eigenvalue weighted by atomic mass is 9.85. The van der Waals surface area contributed by atoms with Gasteiger partial charge in [0.25, 0.3) is 0 Å². The number of benzene rings is 2. The molecule has 1 spiro atoms. The van der Waals surface area contributed by atoms with E-state index in [2.05, 4.69) is 5.10 Å². The molecule has 29 heavy (non-hydrogen) atoms. The highest BCUT2D eigenvalue weighted by atomic mass is 32.2. The third-order valence-electron chi connectivity index (χ3n) is 5.31. The van der Waals surface area contributed by atoms with E-state index in [1.807, 2.05) is 25.1 Å². The average molecular weight is 417 g/mol. The van der Waals surface area contributed by atoms with Crippen molar-refractivity contribution in [1.29, 1.82) is 0 Å². The second-order valence-corrected chi connectivity index (χ2v) is 8.41. The van der Waals surface area contributed by atoms with Crippen molar-refractivity contribution in [2.45, 2.75) is 25.1 Å². The van der Waals surface area contributed by atoms with E-state index < -0.39 is 16.5 Å². The molecular formula is C21H21F2N3O2S. The number of nitrogens with two attached hydrogens (primary N) is 1. The molecule has 8 heteroatoms. The van der Waals surface area contributed by atoms with Gasteiger partial charge in [0.15, 0.2) is 4.87 Å². The van der Waals surface area contributed by atoms with Crippen molar-refractivity contribution in [3.8, 4) is 5.75 Å². The lowest BCUT2D eigenvalue weighted by Gasteiger charge is -2.45. The summed E-state index contributed by atoms with van der Waals surface area (Å²) in [6.45, 7) is 4.09. The molecule has 0 unspecified atom stereocenters. The summed E-state index contributed by atoms with van der Waals surface area (Å²) in [4.78, 5) is 11.7. The molecule has 2 atom stereocenters. The molecule has 2 aliphatic rings. The number of hydrogen-bond acceptors (Lipinski definition) is 5. The van der Waals surface area contributed by atoms with Gasteiger partial charge >= 0.3 is 0 Å². The van der Waals surface area contributed by atoms with Crippen molar-refractivity contribution in [1.82, 2.24) is 5.01 Å². The first-order valence-electron chi connectivity index (χ1n) is 9.35. The monoisotopic (exact) mass is 417 g/mol. The number of nitrogens with zero attached hydrogens (tertiary/aromatic N) is 2. The molecular weight excluding hydrogens is 396 g/mol. The standard InChI is InChI=1S/C21H21F2N3O2S/c1-12-4-3-5-17-19(12)28-11-14(8-9-24)21(17)26(13(2)27)25-20(29-21)16-10-15(22)6-7-18(16)23/h3-7,10,14H,8-9,11,24H2,1-2H3/t14-,21+/m1/s1. The molecule has 2 aromatic carbocycles. The fraction of sp³-hybridized carbons (Fsp3) is 0.333. The summed E-state index contributed by atoms with van der Waals surface area (Å²) < 4.78 is 34.4. The van der Waals surface area contributed by atoms with E-state index >= 15 is 0 Å². The Morgan fingerprint density at radius 2 is 2.17 bits per heavy atom. The molecule has 5 nitrogen and oxygen atoms in total. The number of fused-ring (bicyclic) bond motifs is 2. The SMILES string of the molecule is CC(=O)N1N=C(c2cc(F)ccc2F)S[C@@]12c1cccc(C)c1OC[C@H]2CCN. The van der Waals surface area contributed by atoms with Gasteiger partial charge in [0.05, 0.1) is 6.61 Å². The van der Waals surface area contributed by atoms with Gasteiger partial charge in [-0.25, -0.2) is 13.8 Å². The molecule has 152 valence electrons. The maximum atomic E-state index is 14.5. The van der Waals surface area contributed by atoms with Crippen LogP contribution in [0.1, 0.15) is 30.0 Å². The molecule has 2 N–H and O–H groups in total. The highest BCUT2D eigenvalue weighted by Crippen LogP contribution is 2.58. The van der Waals surface area contributed by atoms with E-state index in [0.717, 1.165) is 29.3 Å². The zero-order chi connectivity index (χ0) is 20.8. The van der Waals surface area contributed by atoms with E-state index in [0.29, 0.717) is 25.3 Å². The van der Waals surface area contributed by atoms with Gasteiger partial charge in [-0.05, 0) is 43.7 Å². The molecule has 0 saturated heterocycles. The van der Waals surface area contributed by atoms with Crippen LogP contribution >= 0.6 is 11.8 Å². The fourth-order valence-electron chi connectivity index (χ4n) is 4.00. The van der Waals surface area contributed by atoms with E-state index in [4.69, 9.17) is 10.5 Å². The van der Waals surface area contributed by atoms with Gasteiger partial charge in [-0.1, -0.05) is 30.0 Å². The molecule has 0 aromatic heterocycles. The zero-order valence-corrected chi connectivity index (χ0v) is 16.9. The summed E-state index contributed by atoms with van der Waals surface area (Å²) in [5.74, 6) is -0.934. The van der Waals surface area contributed by atoms with Crippen LogP contribution in [0, 0.1) is 24.5 Å². The maximum absolute atomic E-state index is 14.5. The van der Waals surface area contributed by atoms with E-state index in [9.17, 15) is 13.6 Å². The van der Waals surface area contributed by atoms with Crippen molar-refractivity contribution in [2.24, 2.45) is 16.8 Å². The number of thioether (sulfide) groups is 1. The molecule has 2 heterocycles. The van der Waals surface area contributed by atoms with Crippen LogP contribution in [-0.2, 0) is 9.67 Å². The van der Waals surface area contributed by atoms with Gasteiger partial charge in [0.2, 0.25) is 5.91 Å². The van der Waals surface area contributed by atoms with Crippen LogP contribution in [0.5, 0.6) is 5.75 Å². The van der Waals surface area contributed by atoms with Crippen LogP contribution in [0.15, 0.2) is 41.5 Å². The van der Waals surface area contributed by atoms with Crippen LogP contribution in [0.4, 0.5) is 8.78 Å². The molecule has 0 aliphatic carbocycles. The Morgan fingerprint density at radius 3 is 2.90 bits per heavy atom. The topological polar surface area (TPSA) is 67.9 Å². The van der Waals surface area contributed by atoms with Crippen molar-refractivity contribution >= 4 is 22.7 Å². The molecule has 0 fully saturated rings. The number of aryl methyl sites for hydroxylation is 1. The van der Waals surface area contributed by atoms with Gasteiger partial charge in [0, 0.05) is 24.0 Å². The molecule has 0 saturated carbocycles. The van der Waals surface area contributed by atoms with Crippen molar-refractivity contribution in [2.75, 3.05) is 13.2 Å². The van der Waals surface area contributed by atoms with Crippen LogP contribution in [0.25, 0.3) is 0 Å². The first-order chi connectivity index (χ1) is 13.9. The Bertz CT molecular complexity index is 1010. The predicted octanol–water partition coefficient (Wildman–Crippen LogP) is 3.74. The lowest BCUT2D eigenvalue weighted by molar-refractivity contribution is -0.134. The predicted molar refractivity (Wildman–Crippen MR) is 109 cm³/mol. The normalized spacial score (nSPS) is 23.0. The van der Waals surface area contributed by atoms with Crippen molar-refractivity contribution < 1.29 is 18.3 Å². The molecule has 2 aliphatic heterocycles. The molecule has 0 bridgehead atoms. The van der Waals surface area contributed by atoms with Gasteiger partial charge < -0.3 is 10.5 Å². The number of carbonyl (C=O) groups is 1. The number of hydrazone groups is 1. The van der Waals surface area contributed by atoms with E-state index in [-0.39, 0.29) is 22.4 Å². The average Bonchev–Trinajstić information content (AvgIpc) is 3.08. The summed E-state index contributed by atoms with van der Waals surface area (Å²) in [6, 6.07) is 8.95. The van der Waals surface area contributed by atoms with Crippen molar-refractivity contribution in [3.05, 3.63) is 64.7 Å². The van der Waals surface area contributed by atoms with Crippen LogP contribution in [-0.4, -0.2) is 29.1 Å². The Hall–Kier alpha value is -2.45. The highest BCUT2D eigenvalue weighted by Gasteiger charge is 2.56. The van der Waals surface area contributed by atoms with Crippen molar-refractivity contribution in [3.63, 3.8) is 0 Å². The third-order valence-corrected chi connectivity index (χ3v) is 6.84. The maximum Gasteiger partial charge on any atom is 0.241 e. The quantitative estimate of drug-likeness (QED) is 0.826. The minimum atomic E-state index is -0.932. The van der Waals surface area contributed by atoms with Gasteiger partial charge in [-0.15, -0.1) is 0 Å². The molecule has 2 aromatic rings. The number of carbonyl (C=O) groups excluding carboxylic acids is 1. The minimum absolute atomic E-state index is 0.0327. The minimum Gasteiger partial charge on any atom is -0.492 e. The molecule has 0 radical (unpaired) electrons. The van der Waals surface area contributed by atoms with Crippen LogP contribution in [0.2, 0.25) is 0 Å². The Balaban J connectivity index is 1.92. The lowest BCUT2D eigenvalue weighted by Crippen LogP contribution is -2.51. The Labute approximate surface area is 171 Å². The summed E-state index contributed by atoms with van der Waals surface area (Å²) >= 11 is 1.26. The van der Waals surface area contributed by atoms with Gasteiger partial charge in [-0.2, -0.15) is 5.10 Å². The van der Waals surface area contributed by atoms with E-state index in [1.54, 1.807) is 0 Å². The third kappa shape index (κ3) is 3.11. The number of halogens is 2. The second-order valence-electron chi connectivity index (χ2n) is 7.20. The first-order valence-corrected chi connectivity index (χ1v) is 10.2. The number of rotatable bonds is 3. The number of para-hydroxylation sites is 1. The summed E-state index contributed by atoms with van der Waals surface area (Å²) in [7, 11) is 0. The largest absolute Gasteiger partial charge is 0.492 e. The zero-order valence-electron chi connectivity index (χ0n) is 16.1.